The lowest BCUT2D eigenvalue weighted by molar-refractivity contribution is 0.218. The van der Waals surface area contributed by atoms with Crippen molar-refractivity contribution in [3.63, 3.8) is 0 Å². The highest BCUT2D eigenvalue weighted by Crippen LogP contribution is 2.18. The molecule has 0 saturated carbocycles. The fourth-order valence-corrected chi connectivity index (χ4v) is 3.62. The topological polar surface area (TPSA) is 67.4 Å². The van der Waals surface area contributed by atoms with Gasteiger partial charge in [-0.1, -0.05) is 0 Å². The highest BCUT2D eigenvalue weighted by molar-refractivity contribution is 7.89. The summed E-state index contributed by atoms with van der Waals surface area (Å²) in [5, 5.41) is 3.35. The van der Waals surface area contributed by atoms with E-state index in [1.54, 1.807) is 38.1 Å². The molecule has 6 heteroatoms. The van der Waals surface area contributed by atoms with Crippen LogP contribution < -0.4 is 14.8 Å². The van der Waals surface area contributed by atoms with Crippen LogP contribution in [-0.2, 0) is 10.0 Å². The molecule has 1 atom stereocenters. The van der Waals surface area contributed by atoms with Gasteiger partial charge in [-0.2, -0.15) is 0 Å². The number of sulfonamides is 1. The monoisotopic (exact) mass is 312 g/mol. The predicted octanol–water partition coefficient (Wildman–Crippen LogP) is 1.75. The van der Waals surface area contributed by atoms with Crippen molar-refractivity contribution in [2.45, 2.75) is 37.6 Å². The third kappa shape index (κ3) is 4.98. The molecule has 2 rings (SSSR count). The van der Waals surface area contributed by atoms with Gasteiger partial charge in [0.05, 0.1) is 11.5 Å². The highest BCUT2D eigenvalue weighted by Gasteiger charge is 2.16. The molecule has 118 valence electrons. The molecule has 0 aromatic heterocycles. The van der Waals surface area contributed by atoms with E-state index in [9.17, 15) is 8.42 Å². The summed E-state index contributed by atoms with van der Waals surface area (Å²) < 4.78 is 32.3. The summed E-state index contributed by atoms with van der Waals surface area (Å²) >= 11 is 0. The molecule has 1 aromatic carbocycles. The average Bonchev–Trinajstić information content (AvgIpc) is 2.45. The molecule has 2 N–H and O–H groups in total. The Bertz CT molecular complexity index is 535. The van der Waals surface area contributed by atoms with Gasteiger partial charge >= 0.3 is 0 Å². The van der Waals surface area contributed by atoms with Gasteiger partial charge in [-0.25, -0.2) is 13.1 Å². The molecule has 5 nitrogen and oxygen atoms in total. The molecule has 1 aromatic rings. The third-order valence-corrected chi connectivity index (χ3v) is 5.08. The van der Waals surface area contributed by atoms with E-state index >= 15 is 0 Å². The summed E-state index contributed by atoms with van der Waals surface area (Å²) in [5.41, 5.74) is 0. The zero-order chi connectivity index (χ0) is 15.3. The van der Waals surface area contributed by atoms with E-state index in [-0.39, 0.29) is 10.9 Å². The van der Waals surface area contributed by atoms with Gasteiger partial charge in [-0.3, -0.25) is 0 Å². The van der Waals surface area contributed by atoms with E-state index in [2.05, 4.69) is 10.0 Å². The normalized spacial score (nSPS) is 19.7. The fourth-order valence-electron chi connectivity index (χ4n) is 2.37. The zero-order valence-corrected chi connectivity index (χ0v) is 13.4. The van der Waals surface area contributed by atoms with Crippen molar-refractivity contribution in [3.8, 4) is 5.75 Å². The van der Waals surface area contributed by atoms with Crippen molar-refractivity contribution in [2.75, 3.05) is 19.7 Å². The maximum absolute atomic E-state index is 12.0. The van der Waals surface area contributed by atoms with Gasteiger partial charge in [0, 0.05) is 18.5 Å². The first kappa shape index (κ1) is 16.3. The Balaban J connectivity index is 1.92. The van der Waals surface area contributed by atoms with E-state index in [1.807, 2.05) is 0 Å². The van der Waals surface area contributed by atoms with E-state index in [1.165, 1.54) is 12.8 Å². The Labute approximate surface area is 127 Å². The molecular weight excluding hydrogens is 288 g/mol. The summed E-state index contributed by atoms with van der Waals surface area (Å²) in [6.07, 6.45) is 2.36. The number of rotatable bonds is 6. The molecule has 1 heterocycles. The van der Waals surface area contributed by atoms with Gasteiger partial charge < -0.3 is 10.1 Å². The third-order valence-electron chi connectivity index (χ3n) is 3.41. The number of piperidine rings is 1. The van der Waals surface area contributed by atoms with Crippen LogP contribution in [0.3, 0.4) is 0 Å². The second kappa shape index (κ2) is 7.24. The first-order valence-electron chi connectivity index (χ1n) is 7.43. The van der Waals surface area contributed by atoms with Crippen LogP contribution in [0.5, 0.6) is 5.75 Å². The van der Waals surface area contributed by atoms with E-state index in [0.717, 1.165) is 13.1 Å². The average molecular weight is 312 g/mol. The molecule has 0 amide bonds. The summed E-state index contributed by atoms with van der Waals surface area (Å²) in [4.78, 5) is 0.267. The standard InChI is InChI=1S/C15H24N2O3S/c1-12(2)17-21(18,19)15-7-5-14(6-8-15)20-11-13-4-3-9-16-10-13/h5-8,12-13,16-17H,3-4,9-11H2,1-2H3. The Kier molecular flexibility index (Phi) is 5.61. The van der Waals surface area contributed by atoms with Crippen LogP contribution in [0.4, 0.5) is 0 Å². The van der Waals surface area contributed by atoms with Gasteiger partial charge in [-0.05, 0) is 57.5 Å². The molecule has 1 aliphatic heterocycles. The van der Waals surface area contributed by atoms with Crippen LogP contribution in [0.1, 0.15) is 26.7 Å². The number of hydrogen-bond donors (Lipinski definition) is 2. The number of nitrogens with one attached hydrogen (secondary N) is 2. The fraction of sp³-hybridized carbons (Fsp3) is 0.600. The Morgan fingerprint density at radius 2 is 2.05 bits per heavy atom. The van der Waals surface area contributed by atoms with Gasteiger partial charge in [0.25, 0.3) is 0 Å². The quantitative estimate of drug-likeness (QED) is 0.840. The van der Waals surface area contributed by atoms with Crippen LogP contribution in [0, 0.1) is 5.92 Å². The van der Waals surface area contributed by atoms with Crippen LogP contribution in [0.25, 0.3) is 0 Å². The van der Waals surface area contributed by atoms with Crippen molar-refractivity contribution in [2.24, 2.45) is 5.92 Å². The van der Waals surface area contributed by atoms with Crippen LogP contribution in [0.15, 0.2) is 29.2 Å². The summed E-state index contributed by atoms with van der Waals surface area (Å²) in [7, 11) is -3.43. The SMILES string of the molecule is CC(C)NS(=O)(=O)c1ccc(OCC2CCCNC2)cc1. The van der Waals surface area contributed by atoms with Crippen molar-refractivity contribution < 1.29 is 13.2 Å². The molecule has 21 heavy (non-hydrogen) atoms. The Morgan fingerprint density at radius 1 is 1.33 bits per heavy atom. The summed E-state index contributed by atoms with van der Waals surface area (Å²) in [6.45, 7) is 6.35. The Hall–Kier alpha value is -1.11. The van der Waals surface area contributed by atoms with Crippen molar-refractivity contribution in [1.29, 1.82) is 0 Å². The van der Waals surface area contributed by atoms with Gasteiger partial charge in [-0.15, -0.1) is 0 Å². The molecule has 0 radical (unpaired) electrons. The molecule has 1 unspecified atom stereocenters. The minimum atomic E-state index is -3.43. The summed E-state index contributed by atoms with van der Waals surface area (Å²) in [6, 6.07) is 6.47. The maximum Gasteiger partial charge on any atom is 0.240 e. The molecule has 1 fully saturated rings. The lowest BCUT2D eigenvalue weighted by atomic mass is 10.0. The minimum absolute atomic E-state index is 0.121. The van der Waals surface area contributed by atoms with Crippen molar-refractivity contribution in [3.05, 3.63) is 24.3 Å². The van der Waals surface area contributed by atoms with E-state index < -0.39 is 10.0 Å². The zero-order valence-electron chi connectivity index (χ0n) is 12.6. The first-order valence-corrected chi connectivity index (χ1v) is 8.91. The second-order valence-corrected chi connectivity index (χ2v) is 7.48. The first-order chi connectivity index (χ1) is 9.97. The molecule has 0 spiro atoms. The van der Waals surface area contributed by atoms with Crippen molar-refractivity contribution in [1.82, 2.24) is 10.0 Å². The summed E-state index contributed by atoms with van der Waals surface area (Å²) in [5.74, 6) is 1.24. The van der Waals surface area contributed by atoms with Gasteiger partial charge in [0.2, 0.25) is 10.0 Å². The van der Waals surface area contributed by atoms with Crippen LogP contribution in [0.2, 0.25) is 0 Å². The lowest BCUT2D eigenvalue weighted by Gasteiger charge is -2.22. The minimum Gasteiger partial charge on any atom is -0.493 e. The number of ether oxygens (including phenoxy) is 1. The number of hydrogen-bond acceptors (Lipinski definition) is 4. The van der Waals surface area contributed by atoms with Crippen LogP contribution >= 0.6 is 0 Å². The van der Waals surface area contributed by atoms with E-state index in [4.69, 9.17) is 4.74 Å². The maximum atomic E-state index is 12.0. The van der Waals surface area contributed by atoms with Gasteiger partial charge in [0.1, 0.15) is 5.75 Å². The molecule has 0 bridgehead atoms. The molecular formula is C15H24N2O3S. The Morgan fingerprint density at radius 3 is 2.62 bits per heavy atom. The van der Waals surface area contributed by atoms with Gasteiger partial charge in [0.15, 0.2) is 0 Å². The molecule has 0 aliphatic carbocycles. The lowest BCUT2D eigenvalue weighted by Crippen LogP contribution is -2.33. The molecule has 1 saturated heterocycles. The highest BCUT2D eigenvalue weighted by atomic mass is 32.2. The second-order valence-electron chi connectivity index (χ2n) is 5.77. The van der Waals surface area contributed by atoms with Crippen LogP contribution in [-0.4, -0.2) is 34.2 Å². The molecule has 1 aliphatic rings. The van der Waals surface area contributed by atoms with E-state index in [0.29, 0.717) is 18.3 Å². The smallest absolute Gasteiger partial charge is 0.240 e. The predicted molar refractivity (Wildman–Crippen MR) is 83.0 cm³/mol. The van der Waals surface area contributed by atoms with Crippen molar-refractivity contribution >= 4 is 10.0 Å². The number of benzene rings is 1. The largest absolute Gasteiger partial charge is 0.493 e.